The van der Waals surface area contributed by atoms with Gasteiger partial charge in [-0.2, -0.15) is 0 Å². The van der Waals surface area contributed by atoms with E-state index >= 15 is 0 Å². The summed E-state index contributed by atoms with van der Waals surface area (Å²) in [5.74, 6) is 0. The summed E-state index contributed by atoms with van der Waals surface area (Å²) in [6.45, 7) is 6.08. The lowest BCUT2D eigenvalue weighted by Gasteiger charge is -2.09. The molecule has 0 radical (unpaired) electrons. The van der Waals surface area contributed by atoms with Crippen molar-refractivity contribution in [2.45, 2.75) is 20.8 Å². The molecular formula is C12H11BrClN. The summed E-state index contributed by atoms with van der Waals surface area (Å²) >= 11 is 9.80. The van der Waals surface area contributed by atoms with Gasteiger partial charge in [-0.3, -0.25) is 4.98 Å². The molecule has 0 bridgehead atoms. The van der Waals surface area contributed by atoms with Crippen molar-refractivity contribution in [2.75, 3.05) is 0 Å². The van der Waals surface area contributed by atoms with Crippen LogP contribution in [0.2, 0.25) is 5.02 Å². The highest BCUT2D eigenvalue weighted by atomic mass is 79.9. The van der Waals surface area contributed by atoms with Gasteiger partial charge in [-0.25, -0.2) is 0 Å². The molecule has 0 unspecified atom stereocenters. The third-order valence-corrected chi connectivity index (χ3v) is 4.05. The molecule has 0 saturated heterocycles. The number of hydrogen-bond acceptors (Lipinski definition) is 1. The Bertz CT molecular complexity index is 549. The van der Waals surface area contributed by atoms with E-state index in [9.17, 15) is 0 Å². The zero-order valence-corrected chi connectivity index (χ0v) is 11.2. The van der Waals surface area contributed by atoms with E-state index in [4.69, 9.17) is 11.6 Å². The summed E-state index contributed by atoms with van der Waals surface area (Å²) in [5, 5.41) is 1.82. The second-order valence-corrected chi connectivity index (χ2v) is 4.97. The maximum Gasteiger partial charge on any atom is 0.0726 e. The minimum Gasteiger partial charge on any atom is -0.253 e. The van der Waals surface area contributed by atoms with Gasteiger partial charge in [0.1, 0.15) is 0 Å². The molecule has 0 aliphatic rings. The Labute approximate surface area is 103 Å². The van der Waals surface area contributed by atoms with Gasteiger partial charge in [-0.15, -0.1) is 0 Å². The maximum atomic E-state index is 6.23. The molecule has 2 rings (SSSR count). The molecule has 1 nitrogen and oxygen atoms in total. The third kappa shape index (κ3) is 1.77. The summed E-state index contributed by atoms with van der Waals surface area (Å²) in [4.78, 5) is 4.49. The van der Waals surface area contributed by atoms with Crippen molar-refractivity contribution in [3.05, 3.63) is 38.4 Å². The van der Waals surface area contributed by atoms with Crippen LogP contribution < -0.4 is 0 Å². The third-order valence-electron chi connectivity index (χ3n) is 2.53. The molecule has 0 N–H and O–H groups in total. The van der Waals surface area contributed by atoms with Gasteiger partial charge >= 0.3 is 0 Å². The predicted octanol–water partition coefficient (Wildman–Crippen LogP) is 4.58. The fourth-order valence-electron chi connectivity index (χ4n) is 1.81. The van der Waals surface area contributed by atoms with Crippen molar-refractivity contribution in [1.29, 1.82) is 0 Å². The molecule has 0 saturated carbocycles. The van der Waals surface area contributed by atoms with Gasteiger partial charge in [-0.05, 0) is 44.0 Å². The molecule has 0 aliphatic heterocycles. The lowest BCUT2D eigenvalue weighted by Crippen LogP contribution is -1.91. The maximum absolute atomic E-state index is 6.23. The van der Waals surface area contributed by atoms with Crippen LogP contribution in [0.15, 0.2) is 16.6 Å². The Morgan fingerprint density at radius 2 is 1.87 bits per heavy atom. The van der Waals surface area contributed by atoms with Gasteiger partial charge in [0.05, 0.1) is 10.5 Å². The Morgan fingerprint density at radius 1 is 1.20 bits per heavy atom. The van der Waals surface area contributed by atoms with Crippen LogP contribution in [0.5, 0.6) is 0 Å². The summed E-state index contributed by atoms with van der Waals surface area (Å²) in [6.07, 6.45) is 0. The van der Waals surface area contributed by atoms with Crippen LogP contribution in [0.4, 0.5) is 0 Å². The van der Waals surface area contributed by atoms with Crippen LogP contribution in [-0.2, 0) is 0 Å². The van der Waals surface area contributed by atoms with E-state index in [0.717, 1.165) is 31.7 Å². The van der Waals surface area contributed by atoms with E-state index in [1.807, 2.05) is 13.0 Å². The van der Waals surface area contributed by atoms with Crippen molar-refractivity contribution in [2.24, 2.45) is 0 Å². The average Bonchev–Trinajstić information content (AvgIpc) is 2.13. The molecule has 78 valence electrons. The minimum atomic E-state index is 0.774. The number of nitrogens with zero attached hydrogens (tertiary/aromatic N) is 1. The molecule has 0 atom stereocenters. The molecule has 0 fully saturated rings. The van der Waals surface area contributed by atoms with E-state index in [-0.39, 0.29) is 0 Å². The Kier molecular flexibility index (Phi) is 2.73. The largest absolute Gasteiger partial charge is 0.253 e. The van der Waals surface area contributed by atoms with Gasteiger partial charge in [-0.1, -0.05) is 27.5 Å². The van der Waals surface area contributed by atoms with E-state index in [2.05, 4.69) is 40.8 Å². The van der Waals surface area contributed by atoms with Crippen LogP contribution in [0.3, 0.4) is 0 Å². The zero-order chi connectivity index (χ0) is 11.2. The molecule has 0 aliphatic carbocycles. The number of fused-ring (bicyclic) bond motifs is 1. The summed E-state index contributed by atoms with van der Waals surface area (Å²) in [7, 11) is 0. The van der Waals surface area contributed by atoms with E-state index in [0.29, 0.717) is 0 Å². The number of rotatable bonds is 0. The topological polar surface area (TPSA) is 12.9 Å². The number of aryl methyl sites for hydroxylation is 3. The fourth-order valence-corrected chi connectivity index (χ4v) is 2.51. The second-order valence-electron chi connectivity index (χ2n) is 3.77. The summed E-state index contributed by atoms with van der Waals surface area (Å²) < 4.78 is 1.11. The van der Waals surface area contributed by atoms with Gasteiger partial charge < -0.3 is 0 Å². The number of halogens is 2. The highest BCUT2D eigenvalue weighted by molar-refractivity contribution is 9.10. The highest BCUT2D eigenvalue weighted by Gasteiger charge is 2.09. The van der Waals surface area contributed by atoms with Gasteiger partial charge in [0, 0.05) is 15.6 Å². The highest BCUT2D eigenvalue weighted by Crippen LogP contribution is 2.33. The summed E-state index contributed by atoms with van der Waals surface area (Å²) in [5.41, 5.74) is 4.27. The quantitative estimate of drug-likeness (QED) is 0.690. The molecule has 3 heteroatoms. The normalized spacial score (nSPS) is 11.0. The molecule has 15 heavy (non-hydrogen) atoms. The second kappa shape index (κ2) is 3.76. The number of aromatic nitrogens is 1. The molecule has 1 aromatic heterocycles. The SMILES string of the molecule is Cc1cc(Cl)c2c(C)c(Br)c(C)cc2n1. The Morgan fingerprint density at radius 3 is 2.53 bits per heavy atom. The smallest absolute Gasteiger partial charge is 0.0726 e. The van der Waals surface area contributed by atoms with Crippen molar-refractivity contribution in [1.82, 2.24) is 4.98 Å². The monoisotopic (exact) mass is 283 g/mol. The first-order valence-corrected chi connectivity index (χ1v) is 5.90. The Balaban J connectivity index is 2.99. The number of hydrogen-bond donors (Lipinski definition) is 0. The molecule has 0 amide bonds. The first-order valence-electron chi connectivity index (χ1n) is 4.73. The van der Waals surface area contributed by atoms with Crippen LogP contribution in [0, 0.1) is 20.8 Å². The molecule has 1 aromatic carbocycles. The van der Waals surface area contributed by atoms with E-state index < -0.39 is 0 Å². The van der Waals surface area contributed by atoms with Crippen molar-refractivity contribution in [3.8, 4) is 0 Å². The lowest BCUT2D eigenvalue weighted by molar-refractivity contribution is 1.24. The van der Waals surface area contributed by atoms with E-state index in [1.165, 1.54) is 5.56 Å². The van der Waals surface area contributed by atoms with Crippen LogP contribution in [-0.4, -0.2) is 4.98 Å². The Hall–Kier alpha value is -0.600. The van der Waals surface area contributed by atoms with Crippen molar-refractivity contribution < 1.29 is 0 Å². The lowest BCUT2D eigenvalue weighted by atomic mass is 10.1. The minimum absolute atomic E-state index is 0.774. The average molecular weight is 285 g/mol. The van der Waals surface area contributed by atoms with Crippen molar-refractivity contribution in [3.63, 3.8) is 0 Å². The molecular weight excluding hydrogens is 273 g/mol. The zero-order valence-electron chi connectivity index (χ0n) is 8.86. The van der Waals surface area contributed by atoms with Crippen LogP contribution >= 0.6 is 27.5 Å². The first-order chi connectivity index (χ1) is 7.00. The molecule has 1 heterocycles. The molecule has 0 spiro atoms. The fraction of sp³-hybridized carbons (Fsp3) is 0.250. The van der Waals surface area contributed by atoms with Gasteiger partial charge in [0.25, 0.3) is 0 Å². The number of pyridine rings is 1. The standard InChI is InChI=1S/C12H11BrClN/c1-6-4-10-11(8(3)12(6)13)9(14)5-7(2)15-10/h4-5H,1-3H3. The molecule has 2 aromatic rings. The van der Waals surface area contributed by atoms with Gasteiger partial charge in [0.2, 0.25) is 0 Å². The first kappa shape index (κ1) is 10.9. The van der Waals surface area contributed by atoms with Gasteiger partial charge in [0.15, 0.2) is 0 Å². The van der Waals surface area contributed by atoms with Crippen molar-refractivity contribution >= 4 is 38.4 Å². The number of benzene rings is 1. The van der Waals surface area contributed by atoms with Crippen LogP contribution in [0.25, 0.3) is 10.9 Å². The predicted molar refractivity (Wildman–Crippen MR) is 68.7 cm³/mol. The van der Waals surface area contributed by atoms with E-state index in [1.54, 1.807) is 0 Å². The van der Waals surface area contributed by atoms with Crippen LogP contribution in [0.1, 0.15) is 16.8 Å². The summed E-state index contributed by atoms with van der Waals surface area (Å²) in [6, 6.07) is 3.96.